The van der Waals surface area contributed by atoms with E-state index in [-0.39, 0.29) is 5.82 Å². The van der Waals surface area contributed by atoms with Crippen molar-refractivity contribution in [2.24, 2.45) is 10.9 Å². The highest BCUT2D eigenvalue weighted by Gasteiger charge is 2.58. The Hall–Kier alpha value is -0.660. The molecule has 0 radical (unpaired) electrons. The Balaban J connectivity index is 2.53. The fourth-order valence-corrected chi connectivity index (χ4v) is 3.85. The third-order valence-corrected chi connectivity index (χ3v) is 5.67. The summed E-state index contributed by atoms with van der Waals surface area (Å²) in [5, 5.41) is 8.80. The average molecular weight is 285 g/mol. The normalized spacial score (nSPS) is 28.1. The topological polar surface area (TPSA) is 87.1 Å². The molecule has 4 nitrogen and oxygen atoms in total. The summed E-state index contributed by atoms with van der Waals surface area (Å²) in [6, 6.07) is 4.79. The minimum absolute atomic E-state index is 0.370. The molecule has 106 valence electrons. The fraction of sp³-hybridized carbons (Fsp3) is 0.538. The molecule has 2 rings (SSSR count). The first-order chi connectivity index (χ1) is 8.81. The van der Waals surface area contributed by atoms with Crippen LogP contribution in [0.4, 0.5) is 4.39 Å². The molecule has 5 N–H and O–H groups in total. The molecule has 0 saturated carbocycles. The number of nitrogens with two attached hydrogens (primary N) is 2. The minimum atomic E-state index is -1.64. The first-order valence-corrected chi connectivity index (χ1v) is 7.45. The summed E-state index contributed by atoms with van der Waals surface area (Å²) < 4.78 is 25.3. The number of rotatable bonds is 3. The molecule has 19 heavy (non-hydrogen) atoms. The second-order valence-corrected chi connectivity index (χ2v) is 6.78. The van der Waals surface area contributed by atoms with Crippen molar-refractivity contribution >= 4 is 11.4 Å². The van der Waals surface area contributed by atoms with Gasteiger partial charge in [-0.05, 0) is 19.9 Å². The smallest absolute Gasteiger partial charge is 0.180 e. The van der Waals surface area contributed by atoms with E-state index in [1.165, 1.54) is 6.07 Å². The SMILES string of the molecule is Cc1ccc(F)c([C@@](C)(N)[C@@]2([S+](N)[O-])CCNC2)c1. The van der Waals surface area contributed by atoms with Crippen LogP contribution < -0.4 is 16.2 Å². The highest BCUT2D eigenvalue weighted by Crippen LogP contribution is 2.41. The van der Waals surface area contributed by atoms with E-state index in [1.807, 2.05) is 6.92 Å². The van der Waals surface area contributed by atoms with Gasteiger partial charge in [-0.1, -0.05) is 17.7 Å². The fourth-order valence-electron chi connectivity index (χ4n) is 2.78. The summed E-state index contributed by atoms with van der Waals surface area (Å²) in [5.74, 6) is -0.382. The molecule has 0 aliphatic carbocycles. The summed E-state index contributed by atoms with van der Waals surface area (Å²) >= 11 is -1.64. The van der Waals surface area contributed by atoms with Crippen LogP contribution in [0.5, 0.6) is 0 Å². The van der Waals surface area contributed by atoms with Crippen molar-refractivity contribution < 1.29 is 8.94 Å². The Labute approximate surface area is 116 Å². The standard InChI is InChI=1S/C13H20FN3OS/c1-9-3-4-11(14)10(7-9)12(2,15)13(19(16)18)5-6-17-8-13/h3-4,7,17H,5-6,8,15-16H2,1-2H3/t12-,13-,19?/m1/s1. The highest BCUT2D eigenvalue weighted by atomic mass is 32.2. The molecule has 1 heterocycles. The number of halogens is 1. The lowest BCUT2D eigenvalue weighted by Gasteiger charge is -2.41. The summed E-state index contributed by atoms with van der Waals surface area (Å²) in [7, 11) is 0. The Bertz CT molecular complexity index is 473. The van der Waals surface area contributed by atoms with E-state index < -0.39 is 21.6 Å². The highest BCUT2D eigenvalue weighted by molar-refractivity contribution is 7.90. The summed E-state index contributed by atoms with van der Waals surface area (Å²) in [5.41, 5.74) is 6.59. The Morgan fingerprint density at radius 1 is 1.53 bits per heavy atom. The van der Waals surface area contributed by atoms with Crippen molar-refractivity contribution in [3.05, 3.63) is 35.1 Å². The molecule has 1 aromatic rings. The number of hydrogen-bond donors (Lipinski definition) is 3. The molecule has 1 aliphatic heterocycles. The molecular weight excluding hydrogens is 265 g/mol. The molecular formula is C13H20FN3OS. The van der Waals surface area contributed by atoms with Crippen LogP contribution in [0, 0.1) is 12.7 Å². The maximum Gasteiger partial charge on any atom is 0.180 e. The van der Waals surface area contributed by atoms with Gasteiger partial charge in [-0.2, -0.15) is 5.14 Å². The molecule has 1 unspecified atom stereocenters. The average Bonchev–Trinajstić information content (AvgIpc) is 2.83. The van der Waals surface area contributed by atoms with Crippen molar-refractivity contribution in [2.45, 2.75) is 30.6 Å². The second kappa shape index (κ2) is 5.03. The lowest BCUT2D eigenvalue weighted by molar-refractivity contribution is 0.329. The molecule has 1 fully saturated rings. The van der Waals surface area contributed by atoms with Crippen LogP contribution in [0.1, 0.15) is 24.5 Å². The lowest BCUT2D eigenvalue weighted by Crippen LogP contribution is -2.63. The molecule has 0 spiro atoms. The Morgan fingerprint density at radius 2 is 2.21 bits per heavy atom. The minimum Gasteiger partial charge on any atom is -0.598 e. The zero-order chi connectivity index (χ0) is 14.3. The molecule has 1 saturated heterocycles. The monoisotopic (exact) mass is 285 g/mol. The Morgan fingerprint density at radius 3 is 2.74 bits per heavy atom. The number of benzene rings is 1. The van der Waals surface area contributed by atoms with E-state index in [1.54, 1.807) is 19.1 Å². The van der Waals surface area contributed by atoms with Gasteiger partial charge in [-0.3, -0.25) is 0 Å². The van der Waals surface area contributed by atoms with E-state index in [0.29, 0.717) is 25.1 Å². The summed E-state index contributed by atoms with van der Waals surface area (Å²) in [6.07, 6.45) is 0.566. The van der Waals surface area contributed by atoms with E-state index >= 15 is 0 Å². The van der Waals surface area contributed by atoms with Crippen LogP contribution in [0.2, 0.25) is 0 Å². The van der Waals surface area contributed by atoms with Crippen LogP contribution in [0.3, 0.4) is 0 Å². The largest absolute Gasteiger partial charge is 0.598 e. The predicted octanol–water partition coefficient (Wildman–Crippen LogP) is 0.663. The molecule has 6 heteroatoms. The second-order valence-electron chi connectivity index (χ2n) is 5.40. The van der Waals surface area contributed by atoms with Gasteiger partial charge < -0.3 is 15.6 Å². The van der Waals surface area contributed by atoms with Gasteiger partial charge in [0, 0.05) is 29.9 Å². The third kappa shape index (κ3) is 2.28. The van der Waals surface area contributed by atoms with Gasteiger partial charge in [0.1, 0.15) is 5.82 Å². The van der Waals surface area contributed by atoms with Crippen molar-refractivity contribution in [1.29, 1.82) is 0 Å². The number of hydrogen-bond acceptors (Lipinski definition) is 4. The van der Waals surface area contributed by atoms with Crippen molar-refractivity contribution in [3.63, 3.8) is 0 Å². The van der Waals surface area contributed by atoms with Crippen molar-refractivity contribution in [1.82, 2.24) is 5.32 Å². The predicted molar refractivity (Wildman–Crippen MR) is 75.2 cm³/mol. The first kappa shape index (κ1) is 14.7. The van der Waals surface area contributed by atoms with E-state index in [2.05, 4.69) is 5.32 Å². The van der Waals surface area contributed by atoms with Crippen LogP contribution in [-0.2, 0) is 16.9 Å². The van der Waals surface area contributed by atoms with E-state index in [9.17, 15) is 8.94 Å². The van der Waals surface area contributed by atoms with Crippen LogP contribution in [0.15, 0.2) is 18.2 Å². The van der Waals surface area contributed by atoms with Gasteiger partial charge in [0.2, 0.25) is 0 Å². The van der Waals surface area contributed by atoms with E-state index in [0.717, 1.165) is 5.56 Å². The molecule has 0 aromatic heterocycles. The molecule has 3 atom stereocenters. The van der Waals surface area contributed by atoms with Crippen molar-refractivity contribution in [2.75, 3.05) is 13.1 Å². The number of nitrogens with one attached hydrogen (secondary N) is 1. The van der Waals surface area contributed by atoms with Gasteiger partial charge in [-0.15, -0.1) is 0 Å². The maximum atomic E-state index is 14.1. The van der Waals surface area contributed by atoms with Crippen LogP contribution in [-0.4, -0.2) is 22.4 Å². The van der Waals surface area contributed by atoms with Gasteiger partial charge in [0.15, 0.2) is 4.75 Å². The first-order valence-electron chi connectivity index (χ1n) is 6.24. The number of aryl methyl sites for hydroxylation is 1. The molecule has 0 bridgehead atoms. The van der Waals surface area contributed by atoms with Crippen molar-refractivity contribution in [3.8, 4) is 0 Å². The molecule has 0 amide bonds. The van der Waals surface area contributed by atoms with Crippen LogP contribution in [0.25, 0.3) is 0 Å². The van der Waals surface area contributed by atoms with Crippen LogP contribution >= 0.6 is 0 Å². The Kier molecular flexibility index (Phi) is 3.90. The van der Waals surface area contributed by atoms with E-state index in [4.69, 9.17) is 10.9 Å². The van der Waals surface area contributed by atoms with Gasteiger partial charge in [-0.25, -0.2) is 4.39 Å². The third-order valence-electron chi connectivity index (χ3n) is 4.13. The maximum absolute atomic E-state index is 14.1. The summed E-state index contributed by atoms with van der Waals surface area (Å²) in [4.78, 5) is 0. The van der Waals surface area contributed by atoms with Gasteiger partial charge in [0.05, 0.1) is 12.1 Å². The van der Waals surface area contributed by atoms with Gasteiger partial charge >= 0.3 is 0 Å². The zero-order valence-electron chi connectivity index (χ0n) is 11.2. The van der Waals surface area contributed by atoms with Gasteiger partial charge in [0.25, 0.3) is 0 Å². The quantitative estimate of drug-likeness (QED) is 0.712. The summed E-state index contributed by atoms with van der Waals surface area (Å²) in [6.45, 7) is 4.69. The lowest BCUT2D eigenvalue weighted by atomic mass is 9.78. The molecule has 1 aliphatic rings. The zero-order valence-corrected chi connectivity index (χ0v) is 12.0. The molecule has 1 aromatic carbocycles.